The lowest BCUT2D eigenvalue weighted by Crippen LogP contribution is -2.49. The molecule has 3 aromatic rings. The molecule has 0 bridgehead atoms. The number of carbonyl (C=O) groups is 2. The van der Waals surface area contributed by atoms with Crippen LogP contribution in [0.4, 0.5) is 10.2 Å². The molecule has 0 atom stereocenters. The van der Waals surface area contributed by atoms with Gasteiger partial charge in [-0.1, -0.05) is 18.2 Å². The lowest BCUT2D eigenvalue weighted by atomic mass is 10.0. The minimum absolute atomic E-state index is 0.139. The molecule has 1 aliphatic heterocycles. The number of halogens is 1. The average molecular weight is 506 g/mol. The van der Waals surface area contributed by atoms with Crippen LogP contribution in [0.1, 0.15) is 41.6 Å². The minimum Gasteiger partial charge on any atom is -0.494 e. The van der Waals surface area contributed by atoms with Gasteiger partial charge in [-0.05, 0) is 62.7 Å². The Kier molecular flexibility index (Phi) is 8.32. The number of aromatic nitrogens is 2. The summed E-state index contributed by atoms with van der Waals surface area (Å²) >= 11 is 0. The van der Waals surface area contributed by atoms with Crippen molar-refractivity contribution < 1.29 is 18.7 Å². The maximum Gasteiger partial charge on any atom is 0.274 e. The van der Waals surface area contributed by atoms with E-state index in [-0.39, 0.29) is 11.8 Å². The number of rotatable bonds is 8. The van der Waals surface area contributed by atoms with E-state index in [1.807, 2.05) is 43.9 Å². The van der Waals surface area contributed by atoms with Gasteiger partial charge in [-0.2, -0.15) is 0 Å². The molecule has 2 heterocycles. The van der Waals surface area contributed by atoms with Crippen LogP contribution in [0, 0.1) is 5.82 Å². The van der Waals surface area contributed by atoms with E-state index in [2.05, 4.69) is 10.2 Å². The molecule has 2 amide bonds. The number of ether oxygens (including phenoxy) is 1. The van der Waals surface area contributed by atoms with Gasteiger partial charge in [0.15, 0.2) is 11.5 Å². The zero-order valence-corrected chi connectivity index (χ0v) is 21.5. The van der Waals surface area contributed by atoms with E-state index in [9.17, 15) is 14.0 Å². The Morgan fingerprint density at radius 1 is 0.946 bits per heavy atom. The summed E-state index contributed by atoms with van der Waals surface area (Å²) in [5.74, 6) is 0.534. The Morgan fingerprint density at radius 2 is 1.70 bits per heavy atom. The molecule has 0 saturated carbocycles. The maximum atomic E-state index is 15.0. The first-order valence-electron chi connectivity index (χ1n) is 12.6. The molecule has 194 valence electrons. The van der Waals surface area contributed by atoms with Crippen LogP contribution < -0.4 is 9.64 Å². The standard InChI is InChI=1S/C28H32FN5O3/c1-4-32(5-2)28(36)25-12-13-26(31-30-25)33-14-16-34(17-15-33)27(35)21-10-11-23(24(29)19-21)20-8-7-9-22(18-20)37-6-3/h7-13,18-19H,4-6,14-17H2,1-3H3. The van der Waals surface area contributed by atoms with Crippen molar-refractivity contribution >= 4 is 17.6 Å². The van der Waals surface area contributed by atoms with Crippen LogP contribution in [-0.4, -0.2) is 77.7 Å². The van der Waals surface area contributed by atoms with Crippen molar-refractivity contribution in [2.24, 2.45) is 0 Å². The molecule has 1 aliphatic rings. The molecule has 1 aromatic heterocycles. The summed E-state index contributed by atoms with van der Waals surface area (Å²) < 4.78 is 20.5. The molecule has 4 rings (SSSR count). The number of hydrogen-bond donors (Lipinski definition) is 0. The Balaban J connectivity index is 1.38. The molecule has 8 nitrogen and oxygen atoms in total. The Hall–Kier alpha value is -4.01. The van der Waals surface area contributed by atoms with Gasteiger partial charge in [-0.15, -0.1) is 10.2 Å². The Morgan fingerprint density at radius 3 is 2.32 bits per heavy atom. The summed E-state index contributed by atoms with van der Waals surface area (Å²) in [5.41, 5.74) is 1.75. The second kappa shape index (κ2) is 11.8. The highest BCUT2D eigenvalue weighted by Gasteiger charge is 2.24. The highest BCUT2D eigenvalue weighted by Crippen LogP contribution is 2.27. The number of benzene rings is 2. The van der Waals surface area contributed by atoms with E-state index in [0.29, 0.717) is 79.8 Å². The third kappa shape index (κ3) is 5.87. The second-order valence-corrected chi connectivity index (χ2v) is 8.69. The van der Waals surface area contributed by atoms with Crippen molar-refractivity contribution in [1.29, 1.82) is 0 Å². The van der Waals surface area contributed by atoms with Crippen molar-refractivity contribution in [2.45, 2.75) is 20.8 Å². The van der Waals surface area contributed by atoms with Crippen molar-refractivity contribution in [3.63, 3.8) is 0 Å². The quantitative estimate of drug-likeness (QED) is 0.458. The molecule has 0 N–H and O–H groups in total. The lowest BCUT2D eigenvalue weighted by Gasteiger charge is -2.35. The van der Waals surface area contributed by atoms with E-state index < -0.39 is 5.82 Å². The van der Waals surface area contributed by atoms with E-state index >= 15 is 0 Å². The van der Waals surface area contributed by atoms with Gasteiger partial charge in [-0.3, -0.25) is 9.59 Å². The van der Waals surface area contributed by atoms with Gasteiger partial charge in [0, 0.05) is 50.4 Å². The number of amides is 2. The highest BCUT2D eigenvalue weighted by atomic mass is 19.1. The summed E-state index contributed by atoms with van der Waals surface area (Å²) in [6.45, 7) is 9.58. The van der Waals surface area contributed by atoms with Crippen LogP contribution in [0.5, 0.6) is 5.75 Å². The monoisotopic (exact) mass is 505 g/mol. The molecular formula is C28H32FN5O3. The molecule has 9 heteroatoms. The third-order valence-electron chi connectivity index (χ3n) is 6.48. The summed E-state index contributed by atoms with van der Waals surface area (Å²) in [7, 11) is 0. The number of piperazine rings is 1. The number of anilines is 1. The van der Waals surface area contributed by atoms with Gasteiger partial charge in [0.25, 0.3) is 11.8 Å². The summed E-state index contributed by atoms with van der Waals surface area (Å²) in [5, 5.41) is 8.35. The van der Waals surface area contributed by atoms with E-state index in [1.165, 1.54) is 6.07 Å². The van der Waals surface area contributed by atoms with Crippen LogP contribution in [0.25, 0.3) is 11.1 Å². The van der Waals surface area contributed by atoms with E-state index in [1.54, 1.807) is 40.1 Å². The van der Waals surface area contributed by atoms with Gasteiger partial charge >= 0.3 is 0 Å². The van der Waals surface area contributed by atoms with Crippen LogP contribution in [-0.2, 0) is 0 Å². The van der Waals surface area contributed by atoms with Gasteiger partial charge in [0.05, 0.1) is 6.61 Å². The van der Waals surface area contributed by atoms with Gasteiger partial charge in [0.2, 0.25) is 0 Å². The molecular weight excluding hydrogens is 473 g/mol. The lowest BCUT2D eigenvalue weighted by molar-refractivity contribution is 0.0742. The fraction of sp³-hybridized carbons (Fsp3) is 0.357. The second-order valence-electron chi connectivity index (χ2n) is 8.69. The van der Waals surface area contributed by atoms with Crippen molar-refractivity contribution in [2.75, 3.05) is 50.8 Å². The highest BCUT2D eigenvalue weighted by molar-refractivity contribution is 5.95. The zero-order valence-electron chi connectivity index (χ0n) is 21.5. The normalized spacial score (nSPS) is 13.4. The summed E-state index contributed by atoms with van der Waals surface area (Å²) in [6, 6.07) is 15.3. The molecule has 2 aromatic carbocycles. The summed E-state index contributed by atoms with van der Waals surface area (Å²) in [6.07, 6.45) is 0. The smallest absolute Gasteiger partial charge is 0.274 e. The Labute approximate surface area is 216 Å². The van der Waals surface area contributed by atoms with Gasteiger partial charge in [-0.25, -0.2) is 4.39 Å². The van der Waals surface area contributed by atoms with Crippen molar-refractivity contribution in [3.05, 3.63) is 71.7 Å². The van der Waals surface area contributed by atoms with E-state index in [0.717, 1.165) is 0 Å². The first-order valence-corrected chi connectivity index (χ1v) is 12.6. The molecule has 37 heavy (non-hydrogen) atoms. The minimum atomic E-state index is -0.451. The van der Waals surface area contributed by atoms with Crippen LogP contribution >= 0.6 is 0 Å². The molecule has 0 spiro atoms. The predicted octanol–water partition coefficient (Wildman–Crippen LogP) is 4.13. The number of nitrogens with zero attached hydrogens (tertiary/aromatic N) is 5. The molecule has 1 saturated heterocycles. The molecule has 0 unspecified atom stereocenters. The summed E-state index contributed by atoms with van der Waals surface area (Å²) in [4.78, 5) is 31.0. The average Bonchev–Trinajstić information content (AvgIpc) is 2.94. The fourth-order valence-electron chi connectivity index (χ4n) is 4.40. The largest absolute Gasteiger partial charge is 0.494 e. The Bertz CT molecular complexity index is 1240. The SMILES string of the molecule is CCOc1cccc(-c2ccc(C(=O)N3CCN(c4ccc(C(=O)N(CC)CC)nn4)CC3)cc2F)c1. The van der Waals surface area contributed by atoms with Crippen LogP contribution in [0.3, 0.4) is 0 Å². The maximum absolute atomic E-state index is 15.0. The molecule has 0 radical (unpaired) electrons. The van der Waals surface area contributed by atoms with Crippen molar-refractivity contribution in [3.8, 4) is 16.9 Å². The number of hydrogen-bond acceptors (Lipinski definition) is 6. The zero-order chi connectivity index (χ0) is 26.4. The van der Waals surface area contributed by atoms with Gasteiger partial charge in [0.1, 0.15) is 11.6 Å². The first-order chi connectivity index (χ1) is 17.9. The topological polar surface area (TPSA) is 78.9 Å². The van der Waals surface area contributed by atoms with Crippen molar-refractivity contribution in [1.82, 2.24) is 20.0 Å². The predicted molar refractivity (Wildman–Crippen MR) is 140 cm³/mol. The van der Waals surface area contributed by atoms with E-state index in [4.69, 9.17) is 4.74 Å². The van der Waals surface area contributed by atoms with Gasteiger partial charge < -0.3 is 19.4 Å². The third-order valence-corrected chi connectivity index (χ3v) is 6.48. The molecule has 0 aliphatic carbocycles. The molecule has 1 fully saturated rings. The van der Waals surface area contributed by atoms with Crippen LogP contribution in [0.15, 0.2) is 54.6 Å². The first kappa shape index (κ1) is 26.1. The fourth-order valence-corrected chi connectivity index (χ4v) is 4.40. The van der Waals surface area contributed by atoms with Crippen LogP contribution in [0.2, 0.25) is 0 Å². The number of carbonyl (C=O) groups excluding carboxylic acids is 2.